The van der Waals surface area contributed by atoms with Gasteiger partial charge in [-0.3, -0.25) is 4.79 Å². The van der Waals surface area contributed by atoms with Crippen molar-refractivity contribution in [3.8, 4) is 6.07 Å². The highest BCUT2D eigenvalue weighted by atomic mass is 32.2. The summed E-state index contributed by atoms with van der Waals surface area (Å²) in [7, 11) is 0. The zero-order valence-electron chi connectivity index (χ0n) is 12.5. The van der Waals surface area contributed by atoms with Crippen LogP contribution in [0.3, 0.4) is 0 Å². The van der Waals surface area contributed by atoms with E-state index in [1.165, 1.54) is 23.1 Å². The van der Waals surface area contributed by atoms with Crippen molar-refractivity contribution in [1.82, 2.24) is 9.97 Å². The van der Waals surface area contributed by atoms with Crippen LogP contribution >= 0.6 is 23.1 Å². The molecule has 0 aliphatic heterocycles. The van der Waals surface area contributed by atoms with Gasteiger partial charge in [0.15, 0.2) is 5.13 Å². The van der Waals surface area contributed by atoms with E-state index >= 15 is 0 Å². The number of hydrogen-bond acceptors (Lipinski definition) is 6. The van der Waals surface area contributed by atoms with Gasteiger partial charge in [-0.2, -0.15) is 5.26 Å². The van der Waals surface area contributed by atoms with E-state index in [0.29, 0.717) is 15.7 Å². The Hall–Kier alpha value is -1.91. The van der Waals surface area contributed by atoms with E-state index in [2.05, 4.69) is 21.4 Å². The molecule has 0 aliphatic rings. The fraction of sp³-hybridized carbons (Fsp3) is 0.333. The van der Waals surface area contributed by atoms with E-state index in [4.69, 9.17) is 0 Å². The van der Waals surface area contributed by atoms with Crippen LogP contribution in [0.5, 0.6) is 0 Å². The number of thioether (sulfide) groups is 1. The van der Waals surface area contributed by atoms with E-state index in [0.717, 1.165) is 5.69 Å². The number of hydrogen-bond donors (Lipinski definition) is 1. The molecule has 2 heterocycles. The van der Waals surface area contributed by atoms with Crippen molar-refractivity contribution in [2.24, 2.45) is 0 Å². The molecule has 1 N–H and O–H groups in total. The summed E-state index contributed by atoms with van der Waals surface area (Å²) in [6.45, 7) is 5.88. The van der Waals surface area contributed by atoms with Crippen LogP contribution in [-0.2, 0) is 4.79 Å². The number of carbonyl (C=O) groups is 1. The molecule has 0 aliphatic carbocycles. The van der Waals surface area contributed by atoms with Gasteiger partial charge >= 0.3 is 0 Å². The summed E-state index contributed by atoms with van der Waals surface area (Å²) in [4.78, 5) is 20.7. The average Bonchev–Trinajstić information content (AvgIpc) is 2.99. The maximum absolute atomic E-state index is 12.2. The summed E-state index contributed by atoms with van der Waals surface area (Å²) in [6.07, 6.45) is 1.64. The summed E-state index contributed by atoms with van der Waals surface area (Å²) in [6, 6.07) is 5.74. The minimum Gasteiger partial charge on any atom is -0.301 e. The van der Waals surface area contributed by atoms with Crippen LogP contribution in [0.4, 0.5) is 5.13 Å². The van der Waals surface area contributed by atoms with E-state index in [1.807, 2.05) is 19.9 Å². The summed E-state index contributed by atoms with van der Waals surface area (Å²) in [5.41, 5.74) is 1.40. The molecule has 0 saturated heterocycles. The number of nitrogens with one attached hydrogen (secondary N) is 1. The molecule has 0 aromatic carbocycles. The highest BCUT2D eigenvalue weighted by molar-refractivity contribution is 8.00. The number of carbonyl (C=O) groups excluding carboxylic acids is 1. The fourth-order valence-corrected chi connectivity index (χ4v) is 3.10. The maximum Gasteiger partial charge on any atom is 0.239 e. The zero-order chi connectivity index (χ0) is 16.1. The van der Waals surface area contributed by atoms with E-state index < -0.39 is 0 Å². The van der Waals surface area contributed by atoms with Crippen molar-refractivity contribution in [3.63, 3.8) is 0 Å². The van der Waals surface area contributed by atoms with Gasteiger partial charge in [-0.25, -0.2) is 9.97 Å². The van der Waals surface area contributed by atoms with Gasteiger partial charge in [0.2, 0.25) is 5.91 Å². The normalized spacial score (nSPS) is 12.0. The Labute approximate surface area is 137 Å². The second-order valence-corrected chi connectivity index (χ2v) is 7.17. The number of pyridine rings is 1. The van der Waals surface area contributed by atoms with Crippen molar-refractivity contribution >= 4 is 34.1 Å². The minimum absolute atomic E-state index is 0.152. The predicted molar refractivity (Wildman–Crippen MR) is 89.1 cm³/mol. The smallest absolute Gasteiger partial charge is 0.239 e. The van der Waals surface area contributed by atoms with Crippen molar-refractivity contribution in [2.45, 2.75) is 37.0 Å². The standard InChI is InChI=1S/C15H16N4OS2/c1-9(2)12-5-4-11(8-16)14(18-12)22-10(3)13(20)19-15-17-6-7-21-15/h4-7,9-10H,1-3H3,(H,17,19,20). The molecular weight excluding hydrogens is 316 g/mol. The highest BCUT2D eigenvalue weighted by Crippen LogP contribution is 2.27. The summed E-state index contributed by atoms with van der Waals surface area (Å²) in [5.74, 6) is 0.118. The number of amides is 1. The van der Waals surface area contributed by atoms with Gasteiger partial charge in [0.25, 0.3) is 0 Å². The highest BCUT2D eigenvalue weighted by Gasteiger charge is 2.19. The molecule has 114 valence electrons. The lowest BCUT2D eigenvalue weighted by Gasteiger charge is -2.13. The third-order valence-electron chi connectivity index (χ3n) is 2.91. The molecule has 7 heteroatoms. The monoisotopic (exact) mass is 332 g/mol. The van der Waals surface area contributed by atoms with Gasteiger partial charge in [0, 0.05) is 17.3 Å². The summed E-state index contributed by atoms with van der Waals surface area (Å²) >= 11 is 2.66. The molecule has 0 radical (unpaired) electrons. The first-order valence-corrected chi connectivity index (χ1v) is 8.55. The predicted octanol–water partition coefficient (Wildman–Crippen LogP) is 3.65. The molecule has 2 rings (SSSR count). The second kappa shape index (κ2) is 7.38. The summed E-state index contributed by atoms with van der Waals surface area (Å²) < 4.78 is 0. The lowest BCUT2D eigenvalue weighted by Crippen LogP contribution is -2.22. The number of thiazole rings is 1. The first kappa shape index (κ1) is 16.5. The number of anilines is 1. The first-order chi connectivity index (χ1) is 10.5. The van der Waals surface area contributed by atoms with Crippen LogP contribution < -0.4 is 5.32 Å². The number of nitriles is 1. The Morgan fingerprint density at radius 2 is 2.18 bits per heavy atom. The van der Waals surface area contributed by atoms with Crippen LogP contribution in [0.2, 0.25) is 0 Å². The Bertz CT molecular complexity index is 692. The third kappa shape index (κ3) is 4.06. The lowest BCUT2D eigenvalue weighted by molar-refractivity contribution is -0.115. The molecule has 1 amide bonds. The molecule has 0 spiro atoms. The van der Waals surface area contributed by atoms with Crippen molar-refractivity contribution in [1.29, 1.82) is 5.26 Å². The van der Waals surface area contributed by atoms with E-state index in [9.17, 15) is 10.1 Å². The molecule has 2 aromatic rings. The topological polar surface area (TPSA) is 78.7 Å². The van der Waals surface area contributed by atoms with Crippen LogP contribution in [0.15, 0.2) is 28.7 Å². The Kier molecular flexibility index (Phi) is 5.52. The Balaban J connectivity index is 2.13. The molecule has 2 aromatic heterocycles. The number of rotatable bonds is 5. The second-order valence-electron chi connectivity index (χ2n) is 4.94. The Morgan fingerprint density at radius 1 is 1.41 bits per heavy atom. The zero-order valence-corrected chi connectivity index (χ0v) is 14.2. The van der Waals surface area contributed by atoms with Gasteiger partial charge in [0.1, 0.15) is 11.1 Å². The number of nitrogens with zero attached hydrogens (tertiary/aromatic N) is 3. The number of aromatic nitrogens is 2. The Morgan fingerprint density at radius 3 is 2.77 bits per heavy atom. The van der Waals surface area contributed by atoms with Gasteiger partial charge in [-0.1, -0.05) is 25.6 Å². The first-order valence-electron chi connectivity index (χ1n) is 6.79. The van der Waals surface area contributed by atoms with Crippen LogP contribution in [0, 0.1) is 11.3 Å². The molecule has 0 saturated carbocycles. The largest absolute Gasteiger partial charge is 0.301 e. The third-order valence-corrected chi connectivity index (χ3v) is 4.70. The van der Waals surface area contributed by atoms with Gasteiger partial charge < -0.3 is 5.32 Å². The molecule has 5 nitrogen and oxygen atoms in total. The quantitative estimate of drug-likeness (QED) is 0.845. The van der Waals surface area contributed by atoms with Crippen LogP contribution in [0.1, 0.15) is 37.9 Å². The molecule has 1 unspecified atom stereocenters. The van der Waals surface area contributed by atoms with Crippen molar-refractivity contribution in [3.05, 3.63) is 35.0 Å². The van der Waals surface area contributed by atoms with E-state index in [1.54, 1.807) is 24.6 Å². The average molecular weight is 332 g/mol. The lowest BCUT2D eigenvalue weighted by atomic mass is 10.1. The van der Waals surface area contributed by atoms with Gasteiger partial charge in [0.05, 0.1) is 10.8 Å². The van der Waals surface area contributed by atoms with Gasteiger partial charge in [-0.15, -0.1) is 11.3 Å². The van der Waals surface area contributed by atoms with Crippen LogP contribution in [0.25, 0.3) is 0 Å². The molecule has 1 atom stereocenters. The summed E-state index contributed by atoms with van der Waals surface area (Å²) in [5, 5.41) is 14.5. The van der Waals surface area contributed by atoms with E-state index in [-0.39, 0.29) is 17.1 Å². The minimum atomic E-state index is -0.370. The maximum atomic E-state index is 12.2. The molecule has 0 bridgehead atoms. The van der Waals surface area contributed by atoms with Crippen LogP contribution in [-0.4, -0.2) is 21.1 Å². The SMILES string of the molecule is CC(Sc1nc(C(C)C)ccc1C#N)C(=O)Nc1nccs1. The molecular formula is C15H16N4OS2. The molecule has 0 fully saturated rings. The van der Waals surface area contributed by atoms with Crippen molar-refractivity contribution in [2.75, 3.05) is 5.32 Å². The van der Waals surface area contributed by atoms with Crippen molar-refractivity contribution < 1.29 is 4.79 Å². The van der Waals surface area contributed by atoms with Gasteiger partial charge in [-0.05, 0) is 25.0 Å². The molecule has 22 heavy (non-hydrogen) atoms. The fourth-order valence-electron chi connectivity index (χ4n) is 1.66.